The van der Waals surface area contributed by atoms with E-state index in [0.717, 1.165) is 30.2 Å². The number of nitrogens with one attached hydrogen (secondary N) is 2. The number of halogens is 1. The Kier molecular flexibility index (Phi) is 10.4. The fraction of sp³-hybridized carbons (Fsp3) is 0.533. The van der Waals surface area contributed by atoms with E-state index in [0.29, 0.717) is 19.4 Å². The number of carbonyl (C=O) groups excluding carboxylic acids is 1. The Morgan fingerprint density at radius 2 is 1.95 bits per heavy atom. The van der Waals surface area contributed by atoms with Crippen molar-refractivity contribution in [1.82, 2.24) is 10.6 Å². The van der Waals surface area contributed by atoms with Gasteiger partial charge in [-0.25, -0.2) is 0 Å². The number of carbonyl (C=O) groups is 1. The van der Waals surface area contributed by atoms with E-state index in [1.54, 1.807) is 14.2 Å². The zero-order valence-electron chi connectivity index (χ0n) is 12.9. The van der Waals surface area contributed by atoms with Crippen LogP contribution in [-0.4, -0.2) is 39.8 Å². The number of aryl methyl sites for hydroxylation is 1. The molecular formula is C15H25ClN2O3. The second-order valence-electron chi connectivity index (χ2n) is 4.38. The Labute approximate surface area is 132 Å². The Morgan fingerprint density at radius 3 is 2.57 bits per heavy atom. The average Bonchev–Trinajstić information content (AvgIpc) is 2.49. The summed E-state index contributed by atoms with van der Waals surface area (Å²) in [6, 6.07) is 5.61. The van der Waals surface area contributed by atoms with Crippen molar-refractivity contribution in [1.29, 1.82) is 0 Å². The van der Waals surface area contributed by atoms with Crippen LogP contribution >= 0.6 is 12.4 Å². The second kappa shape index (κ2) is 11.2. The highest BCUT2D eigenvalue weighted by atomic mass is 35.5. The third kappa shape index (κ3) is 7.20. The van der Waals surface area contributed by atoms with Crippen molar-refractivity contribution >= 4 is 18.3 Å². The van der Waals surface area contributed by atoms with E-state index in [9.17, 15) is 4.79 Å². The van der Waals surface area contributed by atoms with Crippen LogP contribution < -0.4 is 20.1 Å². The smallest absolute Gasteiger partial charge is 0.220 e. The van der Waals surface area contributed by atoms with Crippen LogP contribution in [0.25, 0.3) is 0 Å². The number of amides is 1. The first-order chi connectivity index (χ1) is 9.71. The van der Waals surface area contributed by atoms with Gasteiger partial charge in [0.2, 0.25) is 5.91 Å². The normalized spacial score (nSPS) is 9.67. The Bertz CT molecular complexity index is 427. The predicted molar refractivity (Wildman–Crippen MR) is 86.7 cm³/mol. The van der Waals surface area contributed by atoms with Crippen LogP contribution in [0.1, 0.15) is 18.9 Å². The summed E-state index contributed by atoms with van der Waals surface area (Å²) in [7, 11) is 3.25. The van der Waals surface area contributed by atoms with Gasteiger partial charge in [0.1, 0.15) is 11.5 Å². The monoisotopic (exact) mass is 316 g/mol. The van der Waals surface area contributed by atoms with Gasteiger partial charge in [0, 0.05) is 19.5 Å². The van der Waals surface area contributed by atoms with Crippen molar-refractivity contribution in [2.24, 2.45) is 0 Å². The molecule has 0 aliphatic heterocycles. The highest BCUT2D eigenvalue weighted by Gasteiger charge is 2.08. The van der Waals surface area contributed by atoms with Gasteiger partial charge in [-0.15, -0.1) is 12.4 Å². The highest BCUT2D eigenvalue weighted by molar-refractivity contribution is 5.85. The fourth-order valence-corrected chi connectivity index (χ4v) is 1.88. The predicted octanol–water partition coefficient (Wildman–Crippen LogP) is 1.78. The van der Waals surface area contributed by atoms with Crippen LogP contribution in [0.5, 0.6) is 11.5 Å². The lowest BCUT2D eigenvalue weighted by molar-refractivity contribution is -0.121. The fourth-order valence-electron chi connectivity index (χ4n) is 1.88. The first kappa shape index (κ1) is 19.5. The van der Waals surface area contributed by atoms with Gasteiger partial charge in [-0.1, -0.05) is 6.92 Å². The van der Waals surface area contributed by atoms with Crippen LogP contribution in [0, 0.1) is 0 Å². The first-order valence-corrected chi connectivity index (χ1v) is 6.89. The average molecular weight is 317 g/mol. The summed E-state index contributed by atoms with van der Waals surface area (Å²) in [6.45, 7) is 4.40. The van der Waals surface area contributed by atoms with Crippen LogP contribution in [0.3, 0.4) is 0 Å². The molecule has 0 unspecified atom stereocenters. The zero-order valence-corrected chi connectivity index (χ0v) is 13.7. The molecule has 1 aromatic carbocycles. The van der Waals surface area contributed by atoms with E-state index < -0.39 is 0 Å². The maximum atomic E-state index is 11.7. The molecule has 21 heavy (non-hydrogen) atoms. The number of ether oxygens (including phenoxy) is 2. The molecule has 6 heteroatoms. The summed E-state index contributed by atoms with van der Waals surface area (Å²) in [5.74, 6) is 1.60. The first-order valence-electron chi connectivity index (χ1n) is 6.89. The summed E-state index contributed by atoms with van der Waals surface area (Å²) < 4.78 is 10.5. The number of benzene rings is 1. The van der Waals surface area contributed by atoms with Crippen molar-refractivity contribution in [3.8, 4) is 11.5 Å². The van der Waals surface area contributed by atoms with Crippen LogP contribution in [-0.2, 0) is 11.2 Å². The summed E-state index contributed by atoms with van der Waals surface area (Å²) in [5.41, 5.74) is 0.980. The van der Waals surface area contributed by atoms with Crippen LogP contribution in [0.4, 0.5) is 0 Å². The molecule has 0 aliphatic carbocycles. The van der Waals surface area contributed by atoms with Gasteiger partial charge < -0.3 is 20.1 Å². The van der Waals surface area contributed by atoms with Crippen molar-refractivity contribution in [2.45, 2.75) is 19.8 Å². The number of likely N-dealkylation sites (N-methyl/N-ethyl adjacent to an activating group) is 1. The molecule has 0 saturated heterocycles. The van der Waals surface area contributed by atoms with E-state index in [1.807, 2.05) is 25.1 Å². The summed E-state index contributed by atoms with van der Waals surface area (Å²) in [6.07, 6.45) is 1.07. The topological polar surface area (TPSA) is 59.6 Å². The van der Waals surface area contributed by atoms with Crippen molar-refractivity contribution in [2.75, 3.05) is 33.9 Å². The minimum absolute atomic E-state index is 0. The van der Waals surface area contributed by atoms with Gasteiger partial charge in [-0.2, -0.15) is 0 Å². The molecule has 1 rings (SSSR count). The lowest BCUT2D eigenvalue weighted by atomic mass is 10.1. The third-order valence-electron chi connectivity index (χ3n) is 2.98. The molecule has 0 atom stereocenters. The van der Waals surface area contributed by atoms with E-state index >= 15 is 0 Å². The molecule has 0 heterocycles. The molecule has 120 valence electrons. The van der Waals surface area contributed by atoms with E-state index in [2.05, 4.69) is 10.6 Å². The van der Waals surface area contributed by atoms with Gasteiger partial charge in [0.25, 0.3) is 0 Å². The summed E-state index contributed by atoms with van der Waals surface area (Å²) >= 11 is 0. The van der Waals surface area contributed by atoms with Gasteiger partial charge >= 0.3 is 0 Å². The molecule has 0 spiro atoms. The van der Waals surface area contributed by atoms with Crippen molar-refractivity contribution < 1.29 is 14.3 Å². The quantitative estimate of drug-likeness (QED) is 0.682. The zero-order chi connectivity index (χ0) is 14.8. The molecule has 0 bridgehead atoms. The molecule has 5 nitrogen and oxygen atoms in total. The molecular weight excluding hydrogens is 292 g/mol. The molecule has 1 amide bonds. The Morgan fingerprint density at radius 1 is 1.19 bits per heavy atom. The van der Waals surface area contributed by atoms with E-state index in [-0.39, 0.29) is 18.3 Å². The van der Waals surface area contributed by atoms with Crippen molar-refractivity contribution in [3.05, 3.63) is 23.8 Å². The summed E-state index contributed by atoms with van der Waals surface area (Å²) in [5, 5.41) is 6.04. The Balaban J connectivity index is 0.00000400. The number of hydrogen-bond acceptors (Lipinski definition) is 4. The maximum Gasteiger partial charge on any atom is 0.220 e. The largest absolute Gasteiger partial charge is 0.497 e. The SMILES string of the molecule is CCNCCNC(=O)CCc1cc(OC)ccc1OC.Cl. The maximum absolute atomic E-state index is 11.7. The van der Waals surface area contributed by atoms with Crippen LogP contribution in [0.15, 0.2) is 18.2 Å². The molecule has 0 fully saturated rings. The van der Waals surface area contributed by atoms with E-state index in [4.69, 9.17) is 9.47 Å². The lowest BCUT2D eigenvalue weighted by Gasteiger charge is -2.10. The van der Waals surface area contributed by atoms with Gasteiger partial charge in [-0.05, 0) is 36.7 Å². The molecule has 1 aromatic rings. The van der Waals surface area contributed by atoms with Crippen LogP contribution in [0.2, 0.25) is 0 Å². The van der Waals surface area contributed by atoms with Gasteiger partial charge in [-0.3, -0.25) is 4.79 Å². The highest BCUT2D eigenvalue weighted by Crippen LogP contribution is 2.24. The van der Waals surface area contributed by atoms with Gasteiger partial charge in [0.15, 0.2) is 0 Å². The minimum Gasteiger partial charge on any atom is -0.497 e. The van der Waals surface area contributed by atoms with Gasteiger partial charge in [0.05, 0.1) is 14.2 Å². The summed E-state index contributed by atoms with van der Waals surface area (Å²) in [4.78, 5) is 11.7. The molecule has 2 N–H and O–H groups in total. The molecule has 0 radical (unpaired) electrons. The van der Waals surface area contributed by atoms with E-state index in [1.165, 1.54) is 0 Å². The Hall–Kier alpha value is -1.46. The number of methoxy groups -OCH3 is 2. The molecule has 0 aromatic heterocycles. The number of rotatable bonds is 9. The lowest BCUT2D eigenvalue weighted by Crippen LogP contribution is -2.31. The molecule has 0 saturated carbocycles. The third-order valence-corrected chi connectivity index (χ3v) is 2.98. The minimum atomic E-state index is 0. The molecule has 0 aliphatic rings. The number of hydrogen-bond donors (Lipinski definition) is 2. The second-order valence-corrected chi connectivity index (χ2v) is 4.38. The van der Waals surface area contributed by atoms with Crippen molar-refractivity contribution in [3.63, 3.8) is 0 Å². The standard InChI is InChI=1S/C15H24N2O3.ClH/c1-4-16-9-10-17-15(18)8-5-12-11-13(19-2)6-7-14(12)20-3;/h6-7,11,16H,4-5,8-10H2,1-3H3,(H,17,18);1H.